The largest absolute Gasteiger partial charge is 0.465 e. The minimum Gasteiger partial charge on any atom is -0.465 e. The molecule has 0 bridgehead atoms. The van der Waals surface area contributed by atoms with Gasteiger partial charge in [0.2, 0.25) is 5.78 Å². The van der Waals surface area contributed by atoms with Crippen molar-refractivity contribution in [3.8, 4) is 0 Å². The number of esters is 1. The Balaban J connectivity index is 2.25. The maximum Gasteiger partial charge on any atom is 0.339 e. The van der Waals surface area contributed by atoms with E-state index in [1.54, 1.807) is 26.8 Å². The summed E-state index contributed by atoms with van der Waals surface area (Å²) in [6.45, 7) is 7.16. The lowest BCUT2D eigenvalue weighted by Gasteiger charge is -2.15. The van der Waals surface area contributed by atoms with E-state index in [2.05, 4.69) is 10.3 Å². The summed E-state index contributed by atoms with van der Waals surface area (Å²) in [7, 11) is 1.32. The zero-order valence-electron chi connectivity index (χ0n) is 14.4. The van der Waals surface area contributed by atoms with Crippen LogP contribution in [-0.4, -0.2) is 29.9 Å². The Morgan fingerprint density at radius 1 is 1.25 bits per heavy atom. The first-order valence-electron chi connectivity index (χ1n) is 7.60. The molecule has 1 aromatic carbocycles. The van der Waals surface area contributed by atoms with Gasteiger partial charge in [-0.25, -0.2) is 4.79 Å². The molecule has 0 spiro atoms. The Morgan fingerprint density at radius 2 is 1.92 bits per heavy atom. The topological polar surface area (TPSA) is 71.2 Å². The van der Waals surface area contributed by atoms with Crippen LogP contribution >= 0.6 is 11.6 Å². The quantitative estimate of drug-likeness (QED) is 0.631. The molecular weight excluding hydrogens is 328 g/mol. The molecule has 0 aliphatic carbocycles. The van der Waals surface area contributed by atoms with E-state index < -0.39 is 12.0 Å². The van der Waals surface area contributed by atoms with E-state index >= 15 is 0 Å². The molecule has 6 heteroatoms. The predicted molar refractivity (Wildman–Crippen MR) is 95.2 cm³/mol. The third kappa shape index (κ3) is 3.46. The van der Waals surface area contributed by atoms with Crippen molar-refractivity contribution in [1.82, 2.24) is 4.98 Å². The normalized spacial score (nSPS) is 11.9. The molecule has 0 aliphatic rings. The standard InChI is InChI=1S/C18H21ClN2O3/c1-9-6-7-13(8-14(9)19)20-12(4)17(22)16-10(2)15(11(3)21-16)18(23)24-5/h6-8,12,20-21H,1-5H3/t12-/m1/s1. The first-order valence-corrected chi connectivity index (χ1v) is 7.98. The number of nitrogens with one attached hydrogen (secondary N) is 2. The third-order valence-electron chi connectivity index (χ3n) is 4.02. The maximum absolute atomic E-state index is 12.7. The van der Waals surface area contributed by atoms with Crippen LogP contribution in [0.3, 0.4) is 0 Å². The molecule has 0 saturated heterocycles. The Hall–Kier alpha value is -2.27. The summed E-state index contributed by atoms with van der Waals surface area (Å²) in [4.78, 5) is 27.6. The predicted octanol–water partition coefficient (Wildman–Crippen LogP) is 4.06. The van der Waals surface area contributed by atoms with Gasteiger partial charge in [0.15, 0.2) is 0 Å². The van der Waals surface area contributed by atoms with Gasteiger partial charge in [-0.15, -0.1) is 0 Å². The molecule has 128 valence electrons. The molecule has 0 saturated carbocycles. The van der Waals surface area contributed by atoms with Gasteiger partial charge in [-0.2, -0.15) is 0 Å². The number of ether oxygens (including phenoxy) is 1. The van der Waals surface area contributed by atoms with E-state index in [9.17, 15) is 9.59 Å². The number of Topliss-reactive ketones (excluding diaryl/α,β-unsaturated/α-hetero) is 1. The van der Waals surface area contributed by atoms with Crippen LogP contribution in [0.15, 0.2) is 18.2 Å². The van der Waals surface area contributed by atoms with Gasteiger partial charge in [0.1, 0.15) is 0 Å². The number of aromatic nitrogens is 1. The molecule has 1 aromatic heterocycles. The van der Waals surface area contributed by atoms with E-state index in [1.807, 2.05) is 19.1 Å². The third-order valence-corrected chi connectivity index (χ3v) is 4.43. The Bertz CT molecular complexity index is 796. The average molecular weight is 349 g/mol. The van der Waals surface area contributed by atoms with Crippen LogP contribution in [0.4, 0.5) is 5.69 Å². The van der Waals surface area contributed by atoms with Gasteiger partial charge in [0.05, 0.1) is 24.4 Å². The van der Waals surface area contributed by atoms with Crippen LogP contribution in [-0.2, 0) is 4.74 Å². The van der Waals surface area contributed by atoms with Crippen molar-refractivity contribution in [3.63, 3.8) is 0 Å². The second kappa shape index (κ2) is 7.09. The number of halogens is 1. The minimum absolute atomic E-state index is 0.137. The number of carbonyl (C=O) groups is 2. The molecule has 24 heavy (non-hydrogen) atoms. The number of H-pyrrole nitrogens is 1. The van der Waals surface area contributed by atoms with Crippen molar-refractivity contribution < 1.29 is 14.3 Å². The number of hydrogen-bond donors (Lipinski definition) is 2. The fourth-order valence-corrected chi connectivity index (χ4v) is 2.80. The molecule has 2 N–H and O–H groups in total. The van der Waals surface area contributed by atoms with Crippen LogP contribution in [0.1, 0.15) is 44.6 Å². The number of methoxy groups -OCH3 is 1. The van der Waals surface area contributed by atoms with Crippen molar-refractivity contribution in [1.29, 1.82) is 0 Å². The number of carbonyl (C=O) groups excluding carboxylic acids is 2. The smallest absolute Gasteiger partial charge is 0.339 e. The second-order valence-corrected chi connectivity index (χ2v) is 6.22. The van der Waals surface area contributed by atoms with E-state index in [4.69, 9.17) is 16.3 Å². The van der Waals surface area contributed by atoms with E-state index in [0.29, 0.717) is 27.5 Å². The molecule has 5 nitrogen and oxygen atoms in total. The summed E-state index contributed by atoms with van der Waals surface area (Å²) >= 11 is 6.11. The first kappa shape index (κ1) is 18.1. The number of aryl methyl sites for hydroxylation is 2. The zero-order chi connectivity index (χ0) is 18.0. The number of rotatable bonds is 5. The van der Waals surface area contributed by atoms with Gasteiger partial charge in [-0.3, -0.25) is 4.79 Å². The van der Waals surface area contributed by atoms with Gasteiger partial charge in [-0.05, 0) is 51.0 Å². The summed E-state index contributed by atoms with van der Waals surface area (Å²) in [5.41, 5.74) is 3.77. The van der Waals surface area contributed by atoms with Crippen LogP contribution in [0, 0.1) is 20.8 Å². The van der Waals surface area contributed by atoms with Gasteiger partial charge < -0.3 is 15.0 Å². The van der Waals surface area contributed by atoms with Gasteiger partial charge in [-0.1, -0.05) is 17.7 Å². The molecule has 0 unspecified atom stereocenters. The lowest BCUT2D eigenvalue weighted by molar-refractivity contribution is 0.0599. The summed E-state index contributed by atoms with van der Waals surface area (Å²) in [6, 6.07) is 5.07. The Morgan fingerprint density at radius 3 is 2.50 bits per heavy atom. The monoisotopic (exact) mass is 348 g/mol. The summed E-state index contributed by atoms with van der Waals surface area (Å²) in [5.74, 6) is -0.589. The molecule has 2 rings (SSSR count). The van der Waals surface area contributed by atoms with E-state index in [0.717, 1.165) is 11.3 Å². The highest BCUT2D eigenvalue weighted by molar-refractivity contribution is 6.31. The number of benzene rings is 1. The minimum atomic E-state index is -0.481. The van der Waals surface area contributed by atoms with Crippen LogP contribution in [0.5, 0.6) is 0 Å². The lowest BCUT2D eigenvalue weighted by atomic mass is 10.0. The first-order chi connectivity index (χ1) is 11.3. The molecule has 0 fully saturated rings. The average Bonchev–Trinajstić information content (AvgIpc) is 2.84. The molecular formula is C18H21ClN2O3. The van der Waals surface area contributed by atoms with Crippen molar-refractivity contribution in [2.24, 2.45) is 0 Å². The Kier molecular flexibility index (Phi) is 5.34. The van der Waals surface area contributed by atoms with Crippen LogP contribution in [0.25, 0.3) is 0 Å². The molecule has 0 aliphatic heterocycles. The summed E-state index contributed by atoms with van der Waals surface area (Å²) < 4.78 is 4.77. The zero-order valence-corrected chi connectivity index (χ0v) is 15.2. The highest BCUT2D eigenvalue weighted by atomic mass is 35.5. The van der Waals surface area contributed by atoms with Crippen molar-refractivity contribution >= 4 is 29.0 Å². The van der Waals surface area contributed by atoms with E-state index in [-0.39, 0.29) is 5.78 Å². The van der Waals surface area contributed by atoms with Crippen molar-refractivity contribution in [3.05, 3.63) is 51.3 Å². The van der Waals surface area contributed by atoms with E-state index in [1.165, 1.54) is 7.11 Å². The highest BCUT2D eigenvalue weighted by Crippen LogP contribution is 2.23. The van der Waals surface area contributed by atoms with Crippen LogP contribution in [0.2, 0.25) is 5.02 Å². The molecule has 1 atom stereocenters. The number of aromatic amines is 1. The number of ketones is 1. The number of anilines is 1. The maximum atomic E-state index is 12.7. The molecule has 0 amide bonds. The van der Waals surface area contributed by atoms with Crippen molar-refractivity contribution in [2.45, 2.75) is 33.7 Å². The summed E-state index contributed by atoms with van der Waals surface area (Å²) in [6.07, 6.45) is 0. The highest BCUT2D eigenvalue weighted by Gasteiger charge is 2.25. The molecule has 0 radical (unpaired) electrons. The van der Waals surface area contributed by atoms with Gasteiger partial charge >= 0.3 is 5.97 Å². The van der Waals surface area contributed by atoms with Gasteiger partial charge in [0.25, 0.3) is 0 Å². The number of hydrogen-bond acceptors (Lipinski definition) is 4. The van der Waals surface area contributed by atoms with Crippen LogP contribution < -0.4 is 5.32 Å². The Labute approximate surface area is 146 Å². The molecule has 2 aromatic rings. The summed E-state index contributed by atoms with van der Waals surface area (Å²) in [5, 5.41) is 3.78. The lowest BCUT2D eigenvalue weighted by Crippen LogP contribution is -2.27. The second-order valence-electron chi connectivity index (χ2n) is 5.81. The van der Waals surface area contributed by atoms with Crippen molar-refractivity contribution in [2.75, 3.05) is 12.4 Å². The SMILES string of the molecule is COC(=O)c1c(C)[nH]c(C(=O)[C@@H](C)Nc2ccc(C)c(Cl)c2)c1C. The molecule has 1 heterocycles. The van der Waals surface area contributed by atoms with Gasteiger partial charge in [0, 0.05) is 16.4 Å². The fourth-order valence-electron chi connectivity index (χ4n) is 2.62. The fraction of sp³-hybridized carbons (Fsp3) is 0.333.